The first-order chi connectivity index (χ1) is 6.74. The zero-order chi connectivity index (χ0) is 10.4. The maximum Gasteiger partial charge on any atom is 0.0597 e. The van der Waals surface area contributed by atoms with Gasteiger partial charge < -0.3 is 5.32 Å². The first-order valence-electron chi connectivity index (χ1n) is 5.00. The summed E-state index contributed by atoms with van der Waals surface area (Å²) >= 11 is 3.42. The van der Waals surface area contributed by atoms with Gasteiger partial charge in [0.25, 0.3) is 0 Å². The molecule has 1 aromatic heterocycles. The lowest BCUT2D eigenvalue weighted by Gasteiger charge is -2.03. The second-order valence-electron chi connectivity index (χ2n) is 3.47. The van der Waals surface area contributed by atoms with Crippen molar-refractivity contribution < 1.29 is 0 Å². The lowest BCUT2D eigenvalue weighted by molar-refractivity contribution is 0.603. The Labute approximate surface area is 94.0 Å². The molecular weight excluding hydrogens is 242 g/mol. The summed E-state index contributed by atoms with van der Waals surface area (Å²) in [7, 11) is 1.99. The predicted molar refractivity (Wildman–Crippen MR) is 62.7 cm³/mol. The van der Waals surface area contributed by atoms with Crippen LogP contribution in [0.4, 0.5) is 0 Å². The van der Waals surface area contributed by atoms with Crippen molar-refractivity contribution in [1.29, 1.82) is 0 Å². The van der Waals surface area contributed by atoms with Gasteiger partial charge in [-0.25, -0.2) is 0 Å². The summed E-state index contributed by atoms with van der Waals surface area (Å²) in [6.07, 6.45) is 2.46. The molecule has 0 bridgehead atoms. The third kappa shape index (κ3) is 3.80. The van der Waals surface area contributed by atoms with Crippen LogP contribution in [0.15, 0.2) is 6.07 Å². The SMILES string of the molecule is Cc1cc(CNCCCCBr)n(C)n1. The van der Waals surface area contributed by atoms with Gasteiger partial charge in [0.1, 0.15) is 0 Å². The number of unbranched alkanes of at least 4 members (excludes halogenated alkanes) is 1. The highest BCUT2D eigenvalue weighted by Crippen LogP contribution is 2.01. The van der Waals surface area contributed by atoms with Gasteiger partial charge in [-0.05, 0) is 32.4 Å². The van der Waals surface area contributed by atoms with Crippen LogP contribution in [0.3, 0.4) is 0 Å². The minimum atomic E-state index is 0.916. The molecule has 14 heavy (non-hydrogen) atoms. The van der Waals surface area contributed by atoms with Gasteiger partial charge in [0, 0.05) is 18.9 Å². The molecule has 0 saturated heterocycles. The van der Waals surface area contributed by atoms with E-state index < -0.39 is 0 Å². The van der Waals surface area contributed by atoms with Gasteiger partial charge in [-0.1, -0.05) is 15.9 Å². The fourth-order valence-corrected chi connectivity index (χ4v) is 1.79. The summed E-state index contributed by atoms with van der Waals surface area (Å²) in [4.78, 5) is 0. The second kappa shape index (κ2) is 6.19. The number of hydrogen-bond donors (Lipinski definition) is 1. The highest BCUT2D eigenvalue weighted by atomic mass is 79.9. The average molecular weight is 260 g/mol. The van der Waals surface area contributed by atoms with Gasteiger partial charge in [0.2, 0.25) is 0 Å². The molecule has 0 aliphatic rings. The van der Waals surface area contributed by atoms with Crippen molar-refractivity contribution in [3.63, 3.8) is 0 Å². The maximum absolute atomic E-state index is 4.30. The van der Waals surface area contributed by atoms with E-state index in [1.54, 1.807) is 0 Å². The third-order valence-electron chi connectivity index (χ3n) is 2.14. The van der Waals surface area contributed by atoms with Crippen LogP contribution in [0, 0.1) is 6.92 Å². The van der Waals surface area contributed by atoms with Gasteiger partial charge in [-0.15, -0.1) is 0 Å². The van der Waals surface area contributed by atoms with E-state index in [0.29, 0.717) is 0 Å². The summed E-state index contributed by atoms with van der Waals surface area (Å²) in [6.45, 7) is 4.02. The number of aromatic nitrogens is 2. The van der Waals surface area contributed by atoms with Gasteiger partial charge in [0.05, 0.1) is 11.4 Å². The lowest BCUT2D eigenvalue weighted by Crippen LogP contribution is -2.16. The summed E-state index contributed by atoms with van der Waals surface area (Å²) in [5.41, 5.74) is 2.34. The minimum Gasteiger partial charge on any atom is -0.311 e. The molecule has 1 N–H and O–H groups in total. The Kier molecular flexibility index (Phi) is 5.19. The molecule has 0 spiro atoms. The number of nitrogens with zero attached hydrogens (tertiary/aromatic N) is 2. The quantitative estimate of drug-likeness (QED) is 0.626. The fraction of sp³-hybridized carbons (Fsp3) is 0.700. The zero-order valence-corrected chi connectivity index (χ0v) is 10.5. The number of hydrogen-bond acceptors (Lipinski definition) is 2. The fourth-order valence-electron chi connectivity index (χ4n) is 1.39. The first kappa shape index (κ1) is 11.7. The number of rotatable bonds is 6. The van der Waals surface area contributed by atoms with E-state index in [1.807, 2.05) is 18.7 Å². The van der Waals surface area contributed by atoms with Crippen molar-refractivity contribution in [2.75, 3.05) is 11.9 Å². The van der Waals surface area contributed by atoms with Gasteiger partial charge in [-0.3, -0.25) is 4.68 Å². The van der Waals surface area contributed by atoms with E-state index in [4.69, 9.17) is 0 Å². The van der Waals surface area contributed by atoms with Crippen LogP contribution in [0.5, 0.6) is 0 Å². The molecule has 80 valence electrons. The molecule has 0 unspecified atom stereocenters. The van der Waals surface area contributed by atoms with Crippen LogP contribution < -0.4 is 5.32 Å². The zero-order valence-electron chi connectivity index (χ0n) is 8.89. The van der Waals surface area contributed by atoms with E-state index in [1.165, 1.54) is 18.5 Å². The molecule has 4 heteroatoms. The normalized spacial score (nSPS) is 10.8. The van der Waals surface area contributed by atoms with Crippen molar-refractivity contribution in [3.05, 3.63) is 17.5 Å². The van der Waals surface area contributed by atoms with Crippen LogP contribution >= 0.6 is 15.9 Å². The van der Waals surface area contributed by atoms with Crippen LogP contribution in [0.2, 0.25) is 0 Å². The van der Waals surface area contributed by atoms with E-state index in [-0.39, 0.29) is 0 Å². The van der Waals surface area contributed by atoms with E-state index in [2.05, 4.69) is 32.4 Å². The Morgan fingerprint density at radius 1 is 1.50 bits per heavy atom. The molecule has 1 rings (SSSR count). The smallest absolute Gasteiger partial charge is 0.0597 e. The van der Waals surface area contributed by atoms with Gasteiger partial charge >= 0.3 is 0 Å². The summed E-state index contributed by atoms with van der Waals surface area (Å²) in [5.74, 6) is 0. The third-order valence-corrected chi connectivity index (χ3v) is 2.70. The minimum absolute atomic E-state index is 0.916. The highest BCUT2D eigenvalue weighted by molar-refractivity contribution is 9.09. The molecule has 0 radical (unpaired) electrons. The van der Waals surface area contributed by atoms with E-state index >= 15 is 0 Å². The largest absolute Gasteiger partial charge is 0.311 e. The molecule has 0 fully saturated rings. The van der Waals surface area contributed by atoms with Crippen LogP contribution in [-0.4, -0.2) is 21.7 Å². The van der Waals surface area contributed by atoms with Crippen molar-refractivity contribution in [1.82, 2.24) is 15.1 Å². The molecule has 0 atom stereocenters. The Hall–Kier alpha value is -0.350. The van der Waals surface area contributed by atoms with Crippen molar-refractivity contribution in [2.24, 2.45) is 7.05 Å². The molecule has 1 heterocycles. The molecule has 0 saturated carbocycles. The summed E-state index contributed by atoms with van der Waals surface area (Å²) < 4.78 is 1.94. The Morgan fingerprint density at radius 3 is 2.86 bits per heavy atom. The predicted octanol–water partition coefficient (Wildman–Crippen LogP) is 1.99. The van der Waals surface area contributed by atoms with Gasteiger partial charge in [-0.2, -0.15) is 5.10 Å². The Balaban J connectivity index is 2.21. The number of nitrogens with one attached hydrogen (secondary N) is 1. The summed E-state index contributed by atoms with van der Waals surface area (Å²) in [5, 5.41) is 8.80. The highest BCUT2D eigenvalue weighted by Gasteiger charge is 2.00. The molecule has 0 aliphatic carbocycles. The molecule has 1 aromatic rings. The van der Waals surface area contributed by atoms with Crippen molar-refractivity contribution in [2.45, 2.75) is 26.3 Å². The molecule has 0 amide bonds. The number of aryl methyl sites for hydroxylation is 2. The van der Waals surface area contributed by atoms with Crippen molar-refractivity contribution >= 4 is 15.9 Å². The molecular formula is C10H18BrN3. The van der Waals surface area contributed by atoms with Gasteiger partial charge in [0.15, 0.2) is 0 Å². The van der Waals surface area contributed by atoms with E-state index in [0.717, 1.165) is 24.1 Å². The average Bonchev–Trinajstić information content (AvgIpc) is 2.45. The van der Waals surface area contributed by atoms with Crippen molar-refractivity contribution in [3.8, 4) is 0 Å². The number of halogens is 1. The standard InChI is InChI=1S/C10H18BrN3/c1-9-7-10(14(2)13-9)8-12-6-4-3-5-11/h7,12H,3-6,8H2,1-2H3. The van der Waals surface area contributed by atoms with Crippen LogP contribution in [0.1, 0.15) is 24.2 Å². The summed E-state index contributed by atoms with van der Waals surface area (Å²) in [6, 6.07) is 2.12. The second-order valence-corrected chi connectivity index (χ2v) is 4.27. The van der Waals surface area contributed by atoms with Crippen LogP contribution in [0.25, 0.3) is 0 Å². The maximum atomic E-state index is 4.30. The van der Waals surface area contributed by atoms with Crippen LogP contribution in [-0.2, 0) is 13.6 Å². The topological polar surface area (TPSA) is 29.9 Å². The van der Waals surface area contributed by atoms with E-state index in [9.17, 15) is 0 Å². The molecule has 0 aromatic carbocycles. The Morgan fingerprint density at radius 2 is 2.29 bits per heavy atom. The number of alkyl halides is 1. The first-order valence-corrected chi connectivity index (χ1v) is 6.12. The molecule has 3 nitrogen and oxygen atoms in total. The Bertz CT molecular complexity index is 270. The monoisotopic (exact) mass is 259 g/mol. The lowest BCUT2D eigenvalue weighted by atomic mass is 10.3. The molecule has 0 aliphatic heterocycles.